The Bertz CT molecular complexity index is 1560. The Morgan fingerprint density at radius 3 is 2.57 bits per heavy atom. The van der Waals surface area contributed by atoms with Crippen LogP contribution in [0.4, 0.5) is 19.4 Å². The Kier molecular flexibility index (Phi) is 9.25. The number of nitrogens with zero attached hydrogens (tertiary/aromatic N) is 4. The van der Waals surface area contributed by atoms with Gasteiger partial charge in [-0.2, -0.15) is 5.06 Å². The molecule has 0 radical (unpaired) electrons. The van der Waals surface area contributed by atoms with Gasteiger partial charge in [0.1, 0.15) is 18.5 Å². The Labute approximate surface area is 266 Å². The number of carbonyl (C=O) groups is 2. The quantitative estimate of drug-likeness (QED) is 0.334. The van der Waals surface area contributed by atoms with Gasteiger partial charge < -0.3 is 19.7 Å². The molecule has 2 aromatic carbocycles. The standard InChI is InChI=1S/C33H40F2N6O5/c1-4-40-20-33(29(46-40)23-10-11-25(34)26(35)16-23)17-27(33)36-32(43)37-30-21(2)31(38-41(30)24-8-6-5-7-9-24)45-18-22-12-14-39(15-13-22)28(42)19-44-3/h5-11,16,22,27,29H,4,12-15,17-20H2,1-3H3,(H2,36,37,43)/t27-,29?,33+/m0/s1. The predicted molar refractivity (Wildman–Crippen MR) is 165 cm³/mol. The number of rotatable bonds is 10. The second-order valence-corrected chi connectivity index (χ2v) is 12.3. The van der Waals surface area contributed by atoms with Gasteiger partial charge in [-0.15, -0.1) is 5.10 Å². The van der Waals surface area contributed by atoms with Crippen LogP contribution in [0.3, 0.4) is 0 Å². The maximum atomic E-state index is 14.1. The molecule has 46 heavy (non-hydrogen) atoms. The average molecular weight is 639 g/mol. The van der Waals surface area contributed by atoms with Crippen LogP contribution in [-0.2, 0) is 14.4 Å². The van der Waals surface area contributed by atoms with Gasteiger partial charge in [0, 0.05) is 44.7 Å². The van der Waals surface area contributed by atoms with Crippen LogP contribution in [0.5, 0.6) is 5.88 Å². The van der Waals surface area contributed by atoms with Gasteiger partial charge in [-0.1, -0.05) is 31.2 Å². The van der Waals surface area contributed by atoms with Gasteiger partial charge in [0.2, 0.25) is 11.8 Å². The summed E-state index contributed by atoms with van der Waals surface area (Å²) >= 11 is 0. The number of ether oxygens (including phenoxy) is 2. The minimum Gasteiger partial charge on any atom is -0.476 e. The van der Waals surface area contributed by atoms with Crippen molar-refractivity contribution in [3.63, 3.8) is 0 Å². The molecule has 3 fully saturated rings. The van der Waals surface area contributed by atoms with E-state index in [4.69, 9.17) is 19.4 Å². The van der Waals surface area contributed by atoms with Crippen molar-refractivity contribution in [2.75, 3.05) is 51.8 Å². The summed E-state index contributed by atoms with van der Waals surface area (Å²) in [4.78, 5) is 33.6. The number of methoxy groups -OCH3 is 1. The lowest BCUT2D eigenvalue weighted by molar-refractivity contribution is -0.146. The molecule has 2 saturated heterocycles. The third-order valence-electron chi connectivity index (χ3n) is 9.27. The summed E-state index contributed by atoms with van der Waals surface area (Å²) in [6, 6.07) is 12.6. The van der Waals surface area contributed by atoms with Crippen molar-refractivity contribution in [2.24, 2.45) is 11.3 Å². The van der Waals surface area contributed by atoms with E-state index in [2.05, 4.69) is 10.6 Å². The number of anilines is 1. The lowest BCUT2D eigenvalue weighted by Crippen LogP contribution is -2.41. The number of benzene rings is 2. The monoisotopic (exact) mass is 638 g/mol. The topological polar surface area (TPSA) is 110 Å². The van der Waals surface area contributed by atoms with E-state index in [1.54, 1.807) is 9.75 Å². The molecule has 0 bridgehead atoms. The fourth-order valence-electron chi connectivity index (χ4n) is 6.52. The number of halogens is 2. The van der Waals surface area contributed by atoms with Gasteiger partial charge in [0.25, 0.3) is 0 Å². The number of para-hydroxylation sites is 1. The first-order valence-corrected chi connectivity index (χ1v) is 15.7. The number of hydroxylamine groups is 2. The number of hydrogen-bond donors (Lipinski definition) is 2. The van der Waals surface area contributed by atoms with E-state index in [-0.39, 0.29) is 24.5 Å². The summed E-state index contributed by atoms with van der Waals surface area (Å²) < 4.78 is 40.6. The first-order valence-electron chi connectivity index (χ1n) is 15.7. The molecule has 1 unspecified atom stereocenters. The molecule has 13 heteroatoms. The summed E-state index contributed by atoms with van der Waals surface area (Å²) in [5.41, 5.74) is 1.50. The molecular formula is C33H40F2N6O5. The molecule has 2 N–H and O–H groups in total. The molecule has 3 heterocycles. The lowest BCUT2D eigenvalue weighted by Gasteiger charge is -2.31. The van der Waals surface area contributed by atoms with Crippen LogP contribution in [0.15, 0.2) is 48.5 Å². The van der Waals surface area contributed by atoms with Crippen LogP contribution >= 0.6 is 0 Å². The maximum Gasteiger partial charge on any atom is 0.320 e. The fourth-order valence-corrected chi connectivity index (χ4v) is 6.52. The highest BCUT2D eigenvalue weighted by Crippen LogP contribution is 2.60. The zero-order valence-electron chi connectivity index (χ0n) is 26.3. The number of hydrogen-bond acceptors (Lipinski definition) is 7. The zero-order valence-corrected chi connectivity index (χ0v) is 26.3. The van der Waals surface area contributed by atoms with E-state index in [1.807, 2.05) is 49.1 Å². The van der Waals surface area contributed by atoms with Crippen molar-refractivity contribution in [3.8, 4) is 11.6 Å². The molecule has 3 amide bonds. The third-order valence-corrected chi connectivity index (χ3v) is 9.27. The molecule has 246 valence electrons. The first kappa shape index (κ1) is 31.9. The highest BCUT2D eigenvalue weighted by Gasteiger charge is 2.65. The summed E-state index contributed by atoms with van der Waals surface area (Å²) in [6.45, 7) is 6.81. The highest BCUT2D eigenvalue weighted by atomic mass is 19.2. The van der Waals surface area contributed by atoms with E-state index < -0.39 is 29.2 Å². The van der Waals surface area contributed by atoms with Gasteiger partial charge in [-0.25, -0.2) is 18.3 Å². The fraction of sp³-hybridized carbons (Fsp3) is 0.485. The highest BCUT2D eigenvalue weighted by molar-refractivity contribution is 5.90. The number of aromatic nitrogens is 2. The first-order chi connectivity index (χ1) is 22.2. The summed E-state index contributed by atoms with van der Waals surface area (Å²) in [5.74, 6) is -0.698. The lowest BCUT2D eigenvalue weighted by atomic mass is 9.92. The molecule has 1 saturated carbocycles. The van der Waals surface area contributed by atoms with Crippen LogP contribution in [0, 0.1) is 29.9 Å². The van der Waals surface area contributed by atoms with Crippen LogP contribution in [0.1, 0.15) is 43.4 Å². The number of amides is 3. The van der Waals surface area contributed by atoms with Gasteiger partial charge in [-0.3, -0.25) is 14.9 Å². The summed E-state index contributed by atoms with van der Waals surface area (Å²) in [6.07, 6.45) is 1.74. The number of nitrogens with one attached hydrogen (secondary N) is 2. The van der Waals surface area contributed by atoms with Crippen molar-refractivity contribution < 1.29 is 32.7 Å². The second kappa shape index (κ2) is 13.3. The molecule has 2 aliphatic heterocycles. The summed E-state index contributed by atoms with van der Waals surface area (Å²) in [7, 11) is 1.52. The Balaban J connectivity index is 1.14. The van der Waals surface area contributed by atoms with Gasteiger partial charge in [0.15, 0.2) is 11.6 Å². The molecule has 3 aromatic rings. The van der Waals surface area contributed by atoms with Crippen molar-refractivity contribution in [2.45, 2.75) is 45.3 Å². The SMILES string of the molecule is CCN1C[C@@]2(C[C@@H]2NC(=O)Nc2c(C)c(OCC3CCN(C(=O)COC)CC3)nn2-c2ccccc2)C(c2ccc(F)c(F)c2)O1. The molecule has 6 rings (SSSR count). The van der Waals surface area contributed by atoms with E-state index in [1.165, 1.54) is 19.2 Å². The molecular weight excluding hydrogens is 598 g/mol. The third kappa shape index (κ3) is 6.44. The minimum absolute atomic E-state index is 0.00607. The number of piperidine rings is 1. The van der Waals surface area contributed by atoms with Gasteiger partial charge >= 0.3 is 6.03 Å². The van der Waals surface area contributed by atoms with E-state index in [0.29, 0.717) is 62.0 Å². The maximum absolute atomic E-state index is 14.1. The van der Waals surface area contributed by atoms with E-state index in [0.717, 1.165) is 24.6 Å². The van der Waals surface area contributed by atoms with Crippen LogP contribution in [0.25, 0.3) is 5.69 Å². The van der Waals surface area contributed by atoms with Crippen LogP contribution < -0.4 is 15.4 Å². The average Bonchev–Trinajstić information content (AvgIpc) is 3.44. The predicted octanol–water partition coefficient (Wildman–Crippen LogP) is 4.61. The Hall–Kier alpha value is -4.07. The molecule has 1 aliphatic carbocycles. The van der Waals surface area contributed by atoms with Crippen molar-refractivity contribution in [1.29, 1.82) is 0 Å². The number of urea groups is 1. The molecule has 3 atom stereocenters. The zero-order chi connectivity index (χ0) is 32.4. The van der Waals surface area contributed by atoms with Gasteiger partial charge in [0.05, 0.1) is 17.9 Å². The van der Waals surface area contributed by atoms with Crippen molar-refractivity contribution >= 4 is 17.8 Å². The smallest absolute Gasteiger partial charge is 0.320 e. The second-order valence-electron chi connectivity index (χ2n) is 12.3. The summed E-state index contributed by atoms with van der Waals surface area (Å²) in [5, 5.41) is 12.6. The molecule has 3 aliphatic rings. The van der Waals surface area contributed by atoms with E-state index in [9.17, 15) is 18.4 Å². The molecule has 1 aromatic heterocycles. The normalized spacial score (nSPS) is 23.1. The Morgan fingerprint density at radius 2 is 1.87 bits per heavy atom. The number of carbonyl (C=O) groups excluding carboxylic acids is 2. The van der Waals surface area contributed by atoms with E-state index >= 15 is 0 Å². The van der Waals surface area contributed by atoms with Crippen LogP contribution in [-0.4, -0.2) is 84.2 Å². The Morgan fingerprint density at radius 1 is 1.11 bits per heavy atom. The molecule has 1 spiro atoms. The van der Waals surface area contributed by atoms with Crippen molar-refractivity contribution in [3.05, 3.63) is 71.3 Å². The largest absolute Gasteiger partial charge is 0.476 e. The van der Waals surface area contributed by atoms with Gasteiger partial charge in [-0.05, 0) is 61.9 Å². The minimum atomic E-state index is -0.931. The molecule has 11 nitrogen and oxygen atoms in total. The number of likely N-dealkylation sites (tertiary alicyclic amines) is 1. The van der Waals surface area contributed by atoms with Crippen molar-refractivity contribution in [1.82, 2.24) is 25.1 Å². The van der Waals surface area contributed by atoms with Crippen LogP contribution in [0.2, 0.25) is 0 Å².